The summed E-state index contributed by atoms with van der Waals surface area (Å²) in [6.07, 6.45) is 0. The van der Waals surface area contributed by atoms with E-state index < -0.39 is 12.1 Å². The summed E-state index contributed by atoms with van der Waals surface area (Å²) in [5, 5.41) is 14.6. The average Bonchev–Trinajstić information content (AvgIpc) is 3.26. The molecule has 0 radical (unpaired) electrons. The van der Waals surface area contributed by atoms with Crippen molar-refractivity contribution in [2.24, 2.45) is 0 Å². The Morgan fingerprint density at radius 2 is 1.67 bits per heavy atom. The van der Waals surface area contributed by atoms with Gasteiger partial charge in [-0.15, -0.1) is 10.2 Å². The third kappa shape index (κ3) is 4.50. The van der Waals surface area contributed by atoms with Crippen LogP contribution in [0, 0.1) is 6.92 Å². The molecule has 0 spiro atoms. The van der Waals surface area contributed by atoms with Gasteiger partial charge in [0.1, 0.15) is 6.04 Å². The summed E-state index contributed by atoms with van der Waals surface area (Å²) in [7, 11) is 0. The van der Waals surface area contributed by atoms with Crippen LogP contribution in [0.3, 0.4) is 0 Å². The van der Waals surface area contributed by atoms with Crippen molar-refractivity contribution in [1.82, 2.24) is 15.5 Å². The van der Waals surface area contributed by atoms with Crippen molar-refractivity contribution >= 4 is 23.3 Å². The van der Waals surface area contributed by atoms with Crippen molar-refractivity contribution < 1.29 is 9.21 Å². The number of aryl methyl sites for hydroxylation is 1. The van der Waals surface area contributed by atoms with E-state index in [1.54, 1.807) is 12.1 Å². The molecule has 4 aromatic rings. The highest BCUT2D eigenvalue weighted by Crippen LogP contribution is 2.26. The third-order valence-electron chi connectivity index (χ3n) is 4.56. The number of anilines is 1. The zero-order chi connectivity index (χ0) is 20.9. The molecule has 1 heterocycles. The minimum Gasteiger partial charge on any atom is -0.418 e. The first-order valence-electron chi connectivity index (χ1n) is 9.37. The van der Waals surface area contributed by atoms with Crippen LogP contribution >= 0.6 is 11.6 Å². The van der Waals surface area contributed by atoms with Crippen molar-refractivity contribution in [3.63, 3.8) is 0 Å². The molecule has 1 atom stereocenters. The van der Waals surface area contributed by atoms with Crippen molar-refractivity contribution in [1.29, 1.82) is 0 Å². The molecule has 4 rings (SSSR count). The van der Waals surface area contributed by atoms with E-state index in [0.717, 1.165) is 16.7 Å². The molecule has 2 amide bonds. The maximum absolute atomic E-state index is 12.8. The molecule has 2 N–H and O–H groups in total. The fourth-order valence-corrected chi connectivity index (χ4v) is 3.17. The topological polar surface area (TPSA) is 80.0 Å². The Kier molecular flexibility index (Phi) is 5.77. The number of amides is 2. The summed E-state index contributed by atoms with van der Waals surface area (Å²) in [6.45, 7) is 1.89. The average molecular weight is 419 g/mol. The second-order valence-corrected chi connectivity index (χ2v) is 7.15. The molecule has 150 valence electrons. The monoisotopic (exact) mass is 418 g/mol. The number of rotatable bonds is 5. The number of nitrogens with zero attached hydrogens (tertiary/aromatic N) is 2. The van der Waals surface area contributed by atoms with Crippen molar-refractivity contribution in [2.75, 3.05) is 5.32 Å². The van der Waals surface area contributed by atoms with Gasteiger partial charge >= 0.3 is 6.03 Å². The minimum atomic E-state index is -0.615. The lowest BCUT2D eigenvalue weighted by atomic mass is 10.1. The van der Waals surface area contributed by atoms with Gasteiger partial charge in [-0.25, -0.2) is 4.79 Å². The maximum atomic E-state index is 12.8. The van der Waals surface area contributed by atoms with E-state index in [2.05, 4.69) is 20.8 Å². The number of aromatic nitrogens is 2. The quantitative estimate of drug-likeness (QED) is 0.441. The molecule has 0 saturated heterocycles. The van der Waals surface area contributed by atoms with Crippen LogP contribution in [0.5, 0.6) is 0 Å². The SMILES string of the molecule is Cc1ccc(Cl)cc1NC(=O)N[C@H](c1ccccc1)c1nnc(-c2ccccc2)o1. The molecule has 0 saturated carbocycles. The number of benzene rings is 3. The van der Waals surface area contributed by atoms with Crippen LogP contribution in [0.15, 0.2) is 83.3 Å². The predicted molar refractivity (Wildman–Crippen MR) is 116 cm³/mol. The first-order chi connectivity index (χ1) is 14.6. The van der Waals surface area contributed by atoms with E-state index in [-0.39, 0.29) is 5.89 Å². The molecule has 1 aromatic heterocycles. The molecule has 3 aromatic carbocycles. The third-order valence-corrected chi connectivity index (χ3v) is 4.80. The van der Waals surface area contributed by atoms with Gasteiger partial charge in [0.2, 0.25) is 11.8 Å². The molecule has 0 aliphatic heterocycles. The summed E-state index contributed by atoms with van der Waals surface area (Å²) in [5.41, 5.74) is 3.15. The molecule has 30 heavy (non-hydrogen) atoms. The lowest BCUT2D eigenvalue weighted by molar-refractivity contribution is 0.248. The first kappa shape index (κ1) is 19.7. The second kappa shape index (κ2) is 8.80. The number of hydrogen-bond acceptors (Lipinski definition) is 4. The van der Waals surface area contributed by atoms with E-state index in [4.69, 9.17) is 16.0 Å². The van der Waals surface area contributed by atoms with Crippen molar-refractivity contribution in [3.05, 3.63) is 101 Å². The Bertz CT molecular complexity index is 1150. The van der Waals surface area contributed by atoms with Crippen molar-refractivity contribution in [2.45, 2.75) is 13.0 Å². The zero-order valence-corrected chi connectivity index (χ0v) is 16.9. The molecule has 0 aliphatic rings. The molecule has 0 aliphatic carbocycles. The van der Waals surface area contributed by atoms with Crippen LogP contribution in [0.4, 0.5) is 10.5 Å². The minimum absolute atomic E-state index is 0.290. The molecule has 0 fully saturated rings. The van der Waals surface area contributed by atoms with E-state index in [1.807, 2.05) is 73.7 Å². The summed E-state index contributed by atoms with van der Waals surface area (Å²) in [6, 6.07) is 23.2. The highest BCUT2D eigenvalue weighted by atomic mass is 35.5. The van der Waals surface area contributed by atoms with Gasteiger partial charge < -0.3 is 15.1 Å². The van der Waals surface area contributed by atoms with E-state index in [0.29, 0.717) is 16.6 Å². The van der Waals surface area contributed by atoms with Gasteiger partial charge in [0.05, 0.1) is 0 Å². The van der Waals surface area contributed by atoms with Gasteiger partial charge in [0.25, 0.3) is 0 Å². The first-order valence-corrected chi connectivity index (χ1v) is 9.75. The lowest BCUT2D eigenvalue weighted by Gasteiger charge is -2.17. The van der Waals surface area contributed by atoms with Gasteiger partial charge in [-0.2, -0.15) is 0 Å². The van der Waals surface area contributed by atoms with Gasteiger partial charge in [-0.3, -0.25) is 0 Å². The summed E-state index contributed by atoms with van der Waals surface area (Å²) >= 11 is 6.05. The van der Waals surface area contributed by atoms with Gasteiger partial charge in [0.15, 0.2) is 0 Å². The lowest BCUT2D eigenvalue weighted by Crippen LogP contribution is -2.33. The van der Waals surface area contributed by atoms with Crippen LogP contribution in [0.1, 0.15) is 23.1 Å². The van der Waals surface area contributed by atoms with E-state index in [9.17, 15) is 4.79 Å². The Hall–Kier alpha value is -3.64. The van der Waals surface area contributed by atoms with Crippen LogP contribution in [-0.4, -0.2) is 16.2 Å². The normalized spacial score (nSPS) is 11.7. The number of nitrogens with one attached hydrogen (secondary N) is 2. The van der Waals surface area contributed by atoms with Gasteiger partial charge in [-0.05, 0) is 42.3 Å². The maximum Gasteiger partial charge on any atom is 0.320 e. The molecule has 6 nitrogen and oxygen atoms in total. The fraction of sp³-hybridized carbons (Fsp3) is 0.0870. The van der Waals surface area contributed by atoms with Crippen molar-refractivity contribution in [3.8, 4) is 11.5 Å². The van der Waals surface area contributed by atoms with E-state index >= 15 is 0 Å². The number of urea groups is 1. The van der Waals surface area contributed by atoms with Gasteiger partial charge in [-0.1, -0.05) is 66.2 Å². The smallest absolute Gasteiger partial charge is 0.320 e. The number of carbonyl (C=O) groups is 1. The van der Waals surface area contributed by atoms with Crippen LogP contribution in [0.2, 0.25) is 5.02 Å². The molecule has 0 unspecified atom stereocenters. The Balaban J connectivity index is 1.60. The Morgan fingerprint density at radius 1 is 0.967 bits per heavy atom. The Labute approximate surface area is 178 Å². The van der Waals surface area contributed by atoms with E-state index in [1.165, 1.54) is 0 Å². The largest absolute Gasteiger partial charge is 0.418 e. The highest BCUT2D eigenvalue weighted by Gasteiger charge is 2.23. The molecular formula is C23H19ClN4O2. The standard InChI is InChI=1S/C23H19ClN4O2/c1-15-12-13-18(24)14-19(15)25-23(29)26-20(16-8-4-2-5-9-16)22-28-27-21(30-22)17-10-6-3-7-11-17/h2-14,20H,1H3,(H2,25,26,29)/t20-/m1/s1. The number of halogens is 1. The second-order valence-electron chi connectivity index (χ2n) is 6.71. The fourth-order valence-electron chi connectivity index (χ4n) is 3.00. The zero-order valence-electron chi connectivity index (χ0n) is 16.2. The number of hydrogen-bond donors (Lipinski definition) is 2. The van der Waals surface area contributed by atoms with Crippen LogP contribution in [-0.2, 0) is 0 Å². The van der Waals surface area contributed by atoms with Crippen LogP contribution in [0.25, 0.3) is 11.5 Å². The highest BCUT2D eigenvalue weighted by molar-refractivity contribution is 6.31. The predicted octanol–water partition coefficient (Wildman–Crippen LogP) is 5.61. The Morgan fingerprint density at radius 3 is 2.40 bits per heavy atom. The van der Waals surface area contributed by atoms with Crippen LogP contribution < -0.4 is 10.6 Å². The molecule has 0 bridgehead atoms. The summed E-state index contributed by atoms with van der Waals surface area (Å²) in [5.74, 6) is 0.678. The summed E-state index contributed by atoms with van der Waals surface area (Å²) < 4.78 is 5.89. The molecular weight excluding hydrogens is 400 g/mol. The number of carbonyl (C=O) groups excluding carboxylic acids is 1. The molecule has 7 heteroatoms. The summed E-state index contributed by atoms with van der Waals surface area (Å²) in [4.78, 5) is 12.8. The van der Waals surface area contributed by atoms with Gasteiger partial charge in [0, 0.05) is 16.3 Å².